The fraction of sp³-hybridized carbons (Fsp3) is 0.667. The second-order valence-electron chi connectivity index (χ2n) is 5.98. The van der Waals surface area contributed by atoms with Crippen LogP contribution in [0.25, 0.3) is 0 Å². The molecule has 2 atom stereocenters. The molecule has 1 aromatic heterocycles. The van der Waals surface area contributed by atoms with Crippen LogP contribution in [-0.4, -0.2) is 74.4 Å². The van der Waals surface area contributed by atoms with Crippen LogP contribution in [0.3, 0.4) is 0 Å². The molecule has 0 bridgehead atoms. The summed E-state index contributed by atoms with van der Waals surface area (Å²) < 4.78 is 36.4. The Morgan fingerprint density at radius 1 is 1.40 bits per heavy atom. The third-order valence-corrected chi connectivity index (χ3v) is 4.70. The predicted molar refractivity (Wildman–Crippen MR) is 90.6 cm³/mol. The van der Waals surface area contributed by atoms with Crippen LogP contribution in [0.1, 0.15) is 18.5 Å². The Morgan fingerprint density at radius 2 is 2.12 bits per heavy atom. The number of nitrogens with one attached hydrogen (secondary N) is 1. The quantitative estimate of drug-likeness (QED) is 0.701. The Morgan fingerprint density at radius 3 is 2.76 bits per heavy atom. The van der Waals surface area contributed by atoms with Crippen LogP contribution in [-0.2, 0) is 19.6 Å². The first-order valence-corrected chi connectivity index (χ1v) is 9.87. The Hall–Kier alpha value is -1.78. The number of hydrogen-bond donors (Lipinski definition) is 1. The van der Waals surface area contributed by atoms with Crippen molar-refractivity contribution < 1.29 is 22.7 Å². The van der Waals surface area contributed by atoms with Gasteiger partial charge in [-0.25, -0.2) is 18.1 Å². The van der Waals surface area contributed by atoms with E-state index in [9.17, 15) is 13.2 Å². The summed E-state index contributed by atoms with van der Waals surface area (Å²) in [7, 11) is -1.86. The van der Waals surface area contributed by atoms with Crippen molar-refractivity contribution >= 4 is 15.9 Å². The fourth-order valence-corrected chi connectivity index (χ4v) is 3.73. The molecule has 10 heteroatoms. The van der Waals surface area contributed by atoms with Crippen LogP contribution in [0.5, 0.6) is 5.88 Å². The number of amides is 1. The van der Waals surface area contributed by atoms with Gasteiger partial charge in [-0.3, -0.25) is 9.78 Å². The molecule has 1 fully saturated rings. The van der Waals surface area contributed by atoms with Crippen LogP contribution >= 0.6 is 0 Å². The molecule has 0 saturated carbocycles. The van der Waals surface area contributed by atoms with E-state index in [0.717, 1.165) is 6.26 Å². The number of carbonyl (C=O) groups is 1. The molecule has 0 aromatic carbocycles. The van der Waals surface area contributed by atoms with Gasteiger partial charge in [0.05, 0.1) is 24.6 Å². The summed E-state index contributed by atoms with van der Waals surface area (Å²) in [5, 5.41) is 0. The summed E-state index contributed by atoms with van der Waals surface area (Å²) in [6.45, 7) is 2.32. The van der Waals surface area contributed by atoms with E-state index < -0.39 is 10.0 Å². The number of rotatable bonds is 7. The number of ether oxygens (including phenoxy) is 2. The molecule has 1 aromatic rings. The van der Waals surface area contributed by atoms with Crippen molar-refractivity contribution in [3.05, 3.63) is 18.1 Å². The summed E-state index contributed by atoms with van der Waals surface area (Å²) >= 11 is 0. The maximum absolute atomic E-state index is 12.6. The first kappa shape index (κ1) is 19.5. The molecule has 0 radical (unpaired) electrons. The number of piperidine rings is 1. The zero-order valence-corrected chi connectivity index (χ0v) is 15.5. The molecule has 0 aliphatic carbocycles. The van der Waals surface area contributed by atoms with Crippen LogP contribution in [0, 0.1) is 6.92 Å². The first-order valence-electron chi connectivity index (χ1n) is 7.98. The fourth-order valence-electron chi connectivity index (χ4n) is 2.91. The third-order valence-electron chi connectivity index (χ3n) is 3.97. The van der Waals surface area contributed by atoms with Crippen molar-refractivity contribution in [2.24, 2.45) is 0 Å². The average molecular weight is 372 g/mol. The topological polar surface area (TPSA) is 111 Å². The van der Waals surface area contributed by atoms with Crippen molar-refractivity contribution in [3.8, 4) is 5.88 Å². The van der Waals surface area contributed by atoms with E-state index in [1.807, 2.05) is 0 Å². The predicted octanol–water partition coefficient (Wildman–Crippen LogP) is -0.281. The molecular weight excluding hydrogens is 348 g/mol. The molecule has 9 nitrogen and oxygen atoms in total. The van der Waals surface area contributed by atoms with Gasteiger partial charge in [-0.2, -0.15) is 0 Å². The molecular formula is C15H24N4O5S. The molecule has 140 valence electrons. The molecule has 2 heterocycles. The van der Waals surface area contributed by atoms with E-state index in [1.165, 1.54) is 13.3 Å². The lowest BCUT2D eigenvalue weighted by atomic mass is 9.97. The van der Waals surface area contributed by atoms with Crippen molar-refractivity contribution in [3.63, 3.8) is 0 Å². The Labute approximate surface area is 147 Å². The minimum absolute atomic E-state index is 0.189. The largest absolute Gasteiger partial charge is 0.466 e. The summed E-state index contributed by atoms with van der Waals surface area (Å²) in [6, 6.07) is -0.765. The van der Waals surface area contributed by atoms with Crippen molar-refractivity contribution in [1.29, 1.82) is 0 Å². The molecule has 1 amide bonds. The van der Waals surface area contributed by atoms with Gasteiger partial charge in [-0.1, -0.05) is 0 Å². The van der Waals surface area contributed by atoms with Crippen molar-refractivity contribution in [1.82, 2.24) is 19.6 Å². The van der Waals surface area contributed by atoms with Gasteiger partial charge in [0, 0.05) is 32.1 Å². The third kappa shape index (κ3) is 5.62. The number of nitrogens with zero attached hydrogens (tertiary/aromatic N) is 3. The molecule has 25 heavy (non-hydrogen) atoms. The number of hydrogen-bond acceptors (Lipinski definition) is 7. The van der Waals surface area contributed by atoms with Gasteiger partial charge in [-0.15, -0.1) is 0 Å². The zero-order chi connectivity index (χ0) is 18.4. The maximum Gasteiger partial charge on any atom is 0.260 e. The van der Waals surface area contributed by atoms with Gasteiger partial charge < -0.3 is 14.4 Å². The Balaban J connectivity index is 2.06. The standard InChI is InChI=1S/C15H24N4O5S/c1-11-15(17-7-6-16-11)24-10-14(20)19-8-4-5-12(13(19)9-23-2)18-25(3,21)22/h6-7,12-13,18H,4-5,8-10H2,1-3H3/t12-,13-/m0/s1. The van der Waals surface area contributed by atoms with Gasteiger partial charge in [0.2, 0.25) is 15.9 Å². The van der Waals surface area contributed by atoms with E-state index in [-0.39, 0.29) is 31.2 Å². The normalized spacial score (nSPS) is 21.2. The molecule has 1 saturated heterocycles. The molecule has 0 unspecified atom stereocenters. The van der Waals surface area contributed by atoms with Gasteiger partial charge in [0.15, 0.2) is 6.61 Å². The number of likely N-dealkylation sites (tertiary alicyclic amines) is 1. The molecule has 1 aliphatic rings. The molecule has 1 N–H and O–H groups in total. The monoisotopic (exact) mass is 372 g/mol. The van der Waals surface area contributed by atoms with E-state index in [2.05, 4.69) is 14.7 Å². The van der Waals surface area contributed by atoms with E-state index in [1.54, 1.807) is 18.0 Å². The van der Waals surface area contributed by atoms with Gasteiger partial charge >= 0.3 is 0 Å². The lowest BCUT2D eigenvalue weighted by Crippen LogP contribution is -2.59. The smallest absolute Gasteiger partial charge is 0.260 e. The molecule has 2 rings (SSSR count). The summed E-state index contributed by atoms with van der Waals surface area (Å²) in [5.74, 6) is 0.0640. The number of aromatic nitrogens is 2. The SMILES string of the molecule is COC[C@H]1[C@@H](NS(C)(=O)=O)CCCN1C(=O)COc1nccnc1C. The highest BCUT2D eigenvalue weighted by molar-refractivity contribution is 7.88. The average Bonchev–Trinajstić information content (AvgIpc) is 2.54. The minimum Gasteiger partial charge on any atom is -0.466 e. The summed E-state index contributed by atoms with van der Waals surface area (Å²) in [4.78, 5) is 22.3. The maximum atomic E-state index is 12.6. The highest BCUT2D eigenvalue weighted by atomic mass is 32.2. The highest BCUT2D eigenvalue weighted by Crippen LogP contribution is 2.20. The van der Waals surface area contributed by atoms with E-state index >= 15 is 0 Å². The van der Waals surface area contributed by atoms with Crippen LogP contribution < -0.4 is 9.46 Å². The van der Waals surface area contributed by atoms with E-state index in [0.29, 0.717) is 31.0 Å². The van der Waals surface area contributed by atoms with Crippen molar-refractivity contribution in [2.75, 3.05) is 33.1 Å². The molecule has 0 spiro atoms. The number of aryl methyl sites for hydroxylation is 1. The highest BCUT2D eigenvalue weighted by Gasteiger charge is 2.35. The van der Waals surface area contributed by atoms with Crippen LogP contribution in [0.15, 0.2) is 12.4 Å². The molecule has 1 aliphatic heterocycles. The van der Waals surface area contributed by atoms with Gasteiger partial charge in [-0.05, 0) is 19.8 Å². The van der Waals surface area contributed by atoms with Gasteiger partial charge in [0.25, 0.3) is 5.91 Å². The minimum atomic E-state index is -3.38. The number of methoxy groups -OCH3 is 1. The lowest BCUT2D eigenvalue weighted by Gasteiger charge is -2.40. The second-order valence-corrected chi connectivity index (χ2v) is 7.76. The number of sulfonamides is 1. The Kier molecular flexibility index (Phi) is 6.68. The first-order chi connectivity index (χ1) is 11.8. The van der Waals surface area contributed by atoms with Gasteiger partial charge in [0.1, 0.15) is 0 Å². The van der Waals surface area contributed by atoms with E-state index in [4.69, 9.17) is 9.47 Å². The summed E-state index contributed by atoms with van der Waals surface area (Å²) in [5.41, 5.74) is 0.596. The Bertz CT molecular complexity index is 697. The van der Waals surface area contributed by atoms with Crippen LogP contribution in [0.2, 0.25) is 0 Å². The summed E-state index contributed by atoms with van der Waals surface area (Å²) in [6.07, 6.45) is 5.49. The van der Waals surface area contributed by atoms with Crippen molar-refractivity contribution in [2.45, 2.75) is 31.8 Å². The number of carbonyl (C=O) groups excluding carboxylic acids is 1. The second kappa shape index (κ2) is 8.54. The lowest BCUT2D eigenvalue weighted by molar-refractivity contribution is -0.139. The zero-order valence-electron chi connectivity index (χ0n) is 14.6. The van der Waals surface area contributed by atoms with Crippen LogP contribution in [0.4, 0.5) is 0 Å².